The summed E-state index contributed by atoms with van der Waals surface area (Å²) < 4.78 is 37.5. The maximum absolute atomic E-state index is 12.6. The molecule has 0 atom stereocenters. The Morgan fingerprint density at radius 2 is 1.74 bits per heavy atom. The summed E-state index contributed by atoms with van der Waals surface area (Å²) >= 11 is 6.14. The molecule has 1 aliphatic heterocycles. The molecular weight excluding hydrogens is 440 g/mol. The highest BCUT2D eigenvalue weighted by molar-refractivity contribution is 7.89. The van der Waals surface area contributed by atoms with Gasteiger partial charge in [-0.15, -0.1) is 0 Å². The highest BCUT2D eigenvalue weighted by Gasteiger charge is 2.26. The minimum absolute atomic E-state index is 0.0861. The van der Waals surface area contributed by atoms with Crippen molar-refractivity contribution in [3.63, 3.8) is 0 Å². The van der Waals surface area contributed by atoms with Crippen molar-refractivity contribution in [1.29, 1.82) is 0 Å². The Hall–Kier alpha value is -2.13. The molecule has 168 valence electrons. The first-order valence-corrected chi connectivity index (χ1v) is 11.9. The van der Waals surface area contributed by atoms with Crippen LogP contribution >= 0.6 is 11.6 Å². The van der Waals surface area contributed by atoms with Crippen LogP contribution in [0.4, 0.5) is 0 Å². The van der Waals surface area contributed by atoms with Crippen LogP contribution in [-0.4, -0.2) is 58.1 Å². The van der Waals surface area contributed by atoms with Crippen LogP contribution in [0.3, 0.4) is 0 Å². The van der Waals surface area contributed by atoms with Crippen LogP contribution in [0.5, 0.6) is 5.75 Å². The number of rotatable bonds is 8. The molecule has 1 fully saturated rings. The minimum atomic E-state index is -3.50. The van der Waals surface area contributed by atoms with Gasteiger partial charge in [0.05, 0.1) is 18.1 Å². The highest BCUT2D eigenvalue weighted by atomic mass is 35.5. The highest BCUT2D eigenvalue weighted by Crippen LogP contribution is 2.25. The van der Waals surface area contributed by atoms with Crippen LogP contribution in [-0.2, 0) is 26.0 Å². The Morgan fingerprint density at radius 3 is 2.35 bits per heavy atom. The second-order valence-electron chi connectivity index (χ2n) is 7.42. The molecule has 0 radical (unpaired) electrons. The summed E-state index contributed by atoms with van der Waals surface area (Å²) in [5.41, 5.74) is 2.73. The van der Waals surface area contributed by atoms with Gasteiger partial charge in [-0.2, -0.15) is 4.31 Å². The number of benzene rings is 2. The molecule has 1 heterocycles. The smallest absolute Gasteiger partial charge is 0.257 e. The van der Waals surface area contributed by atoms with Crippen molar-refractivity contribution >= 4 is 27.5 Å². The Labute approximate surface area is 188 Å². The lowest BCUT2D eigenvalue weighted by molar-refractivity contribution is -0.123. The van der Waals surface area contributed by atoms with Gasteiger partial charge >= 0.3 is 0 Å². The average molecular weight is 467 g/mol. The van der Waals surface area contributed by atoms with Crippen molar-refractivity contribution in [3.05, 3.63) is 58.1 Å². The van der Waals surface area contributed by atoms with E-state index in [9.17, 15) is 13.2 Å². The van der Waals surface area contributed by atoms with Crippen LogP contribution in [0.2, 0.25) is 5.02 Å². The van der Waals surface area contributed by atoms with Crippen LogP contribution < -0.4 is 10.1 Å². The maximum atomic E-state index is 12.6. The second kappa shape index (κ2) is 10.5. The summed E-state index contributed by atoms with van der Waals surface area (Å²) in [6, 6.07) is 10.4. The third kappa shape index (κ3) is 6.20. The fourth-order valence-corrected chi connectivity index (χ4v) is 4.82. The fraction of sp³-hybridized carbons (Fsp3) is 0.409. The van der Waals surface area contributed by atoms with Gasteiger partial charge in [0.2, 0.25) is 10.0 Å². The molecule has 1 aliphatic rings. The van der Waals surface area contributed by atoms with Crippen LogP contribution in [0.15, 0.2) is 41.3 Å². The van der Waals surface area contributed by atoms with Gasteiger partial charge in [0.25, 0.3) is 5.91 Å². The summed E-state index contributed by atoms with van der Waals surface area (Å²) in [5, 5.41) is 3.50. The van der Waals surface area contributed by atoms with Crippen molar-refractivity contribution in [1.82, 2.24) is 9.62 Å². The summed E-state index contributed by atoms with van der Waals surface area (Å²) in [5.74, 6) is 0.378. The van der Waals surface area contributed by atoms with Crippen molar-refractivity contribution in [2.75, 3.05) is 39.5 Å². The molecule has 0 bridgehead atoms. The molecular formula is C22H27ClN2O5S. The summed E-state index contributed by atoms with van der Waals surface area (Å²) in [4.78, 5) is 12.3. The first kappa shape index (κ1) is 23.5. The minimum Gasteiger partial charge on any atom is -0.484 e. The van der Waals surface area contributed by atoms with Crippen molar-refractivity contribution in [2.24, 2.45) is 0 Å². The number of carbonyl (C=O) groups excluding carboxylic acids is 1. The Bertz CT molecular complexity index is 996. The lowest BCUT2D eigenvalue weighted by atomic mass is 10.1. The number of amides is 1. The van der Waals surface area contributed by atoms with Gasteiger partial charge in [-0.3, -0.25) is 4.79 Å². The summed E-state index contributed by atoms with van der Waals surface area (Å²) in [7, 11) is -3.50. The predicted molar refractivity (Wildman–Crippen MR) is 119 cm³/mol. The largest absolute Gasteiger partial charge is 0.484 e. The molecule has 0 aliphatic carbocycles. The molecule has 2 aromatic carbocycles. The molecule has 1 saturated heterocycles. The number of nitrogens with one attached hydrogen (secondary N) is 1. The van der Waals surface area contributed by atoms with Gasteiger partial charge in [0, 0.05) is 24.7 Å². The zero-order valence-electron chi connectivity index (χ0n) is 17.7. The van der Waals surface area contributed by atoms with Gasteiger partial charge in [-0.25, -0.2) is 8.42 Å². The molecule has 0 aromatic heterocycles. The zero-order valence-corrected chi connectivity index (χ0v) is 19.3. The monoisotopic (exact) mass is 466 g/mol. The van der Waals surface area contributed by atoms with Gasteiger partial charge in [-0.1, -0.05) is 23.7 Å². The van der Waals surface area contributed by atoms with E-state index < -0.39 is 10.0 Å². The van der Waals surface area contributed by atoms with E-state index in [0.717, 1.165) is 16.7 Å². The van der Waals surface area contributed by atoms with E-state index in [1.54, 1.807) is 36.4 Å². The van der Waals surface area contributed by atoms with Gasteiger partial charge in [0.15, 0.2) is 6.61 Å². The Morgan fingerprint density at radius 1 is 1.13 bits per heavy atom. The van der Waals surface area contributed by atoms with E-state index in [1.165, 1.54) is 4.31 Å². The lowest BCUT2D eigenvalue weighted by Crippen LogP contribution is -2.40. The van der Waals surface area contributed by atoms with Crippen LogP contribution in [0.25, 0.3) is 0 Å². The normalized spacial score (nSPS) is 14.9. The molecule has 0 spiro atoms. The second-order valence-corrected chi connectivity index (χ2v) is 9.74. The van der Waals surface area contributed by atoms with Crippen LogP contribution in [0, 0.1) is 13.8 Å². The first-order chi connectivity index (χ1) is 14.8. The quantitative estimate of drug-likeness (QED) is 0.646. The maximum Gasteiger partial charge on any atom is 0.257 e. The van der Waals surface area contributed by atoms with Gasteiger partial charge in [-0.05, 0) is 61.2 Å². The molecule has 3 rings (SSSR count). The van der Waals surface area contributed by atoms with Gasteiger partial charge < -0.3 is 14.8 Å². The van der Waals surface area contributed by atoms with Crippen molar-refractivity contribution < 1.29 is 22.7 Å². The standard InChI is InChI=1S/C22H27ClN2O5S/c1-16-13-19(14-17(2)22(16)23)30-15-21(26)24-8-7-18-3-5-20(6-4-18)31(27,28)25-9-11-29-12-10-25/h3-6,13-14H,7-12,15H2,1-2H3,(H,24,26). The number of nitrogens with zero attached hydrogens (tertiary/aromatic N) is 1. The summed E-state index contributed by atoms with van der Waals surface area (Å²) in [6.07, 6.45) is 0.586. The van der Waals surface area contributed by atoms with E-state index in [0.29, 0.717) is 50.0 Å². The number of halogens is 1. The Kier molecular flexibility index (Phi) is 7.94. The van der Waals surface area contributed by atoms with E-state index in [-0.39, 0.29) is 17.4 Å². The van der Waals surface area contributed by atoms with E-state index in [1.807, 2.05) is 13.8 Å². The zero-order chi connectivity index (χ0) is 22.4. The number of hydrogen-bond donors (Lipinski definition) is 1. The number of ether oxygens (including phenoxy) is 2. The van der Waals surface area contributed by atoms with Crippen molar-refractivity contribution in [2.45, 2.75) is 25.2 Å². The molecule has 31 heavy (non-hydrogen) atoms. The number of carbonyl (C=O) groups is 1. The molecule has 1 N–H and O–H groups in total. The van der Waals surface area contributed by atoms with Gasteiger partial charge in [0.1, 0.15) is 5.75 Å². The number of aryl methyl sites for hydroxylation is 2. The SMILES string of the molecule is Cc1cc(OCC(=O)NCCc2ccc(S(=O)(=O)N3CCOCC3)cc2)cc(C)c1Cl. The molecule has 9 heteroatoms. The Balaban J connectivity index is 1.45. The predicted octanol–water partition coefficient (Wildman–Crippen LogP) is 2.72. The first-order valence-electron chi connectivity index (χ1n) is 10.1. The molecule has 2 aromatic rings. The molecule has 0 saturated carbocycles. The molecule has 0 unspecified atom stereocenters. The lowest BCUT2D eigenvalue weighted by Gasteiger charge is -2.26. The van der Waals surface area contributed by atoms with E-state index >= 15 is 0 Å². The third-order valence-electron chi connectivity index (χ3n) is 5.05. The summed E-state index contributed by atoms with van der Waals surface area (Å²) in [6.45, 7) is 5.68. The number of sulfonamides is 1. The van der Waals surface area contributed by atoms with E-state index in [4.69, 9.17) is 21.1 Å². The average Bonchev–Trinajstić information content (AvgIpc) is 2.77. The molecule has 7 nitrogen and oxygen atoms in total. The van der Waals surface area contributed by atoms with E-state index in [2.05, 4.69) is 5.32 Å². The fourth-order valence-electron chi connectivity index (χ4n) is 3.30. The number of morpholine rings is 1. The van der Waals surface area contributed by atoms with Crippen LogP contribution in [0.1, 0.15) is 16.7 Å². The van der Waals surface area contributed by atoms with Crippen molar-refractivity contribution in [3.8, 4) is 5.75 Å². The number of hydrogen-bond acceptors (Lipinski definition) is 5. The topological polar surface area (TPSA) is 84.9 Å². The third-order valence-corrected chi connectivity index (χ3v) is 7.56. The molecule has 1 amide bonds.